The lowest BCUT2D eigenvalue weighted by Crippen LogP contribution is -2.37. The van der Waals surface area contributed by atoms with Crippen LogP contribution in [-0.2, 0) is 33.3 Å². The molecule has 1 aliphatic carbocycles. The summed E-state index contributed by atoms with van der Waals surface area (Å²) >= 11 is 0. The molecular formula is C31H44N2O9. The van der Waals surface area contributed by atoms with Crippen molar-refractivity contribution < 1.29 is 43.2 Å². The minimum atomic E-state index is -0.948. The Bertz CT molecular complexity index is 1200. The molecule has 2 N–H and O–H groups in total. The topological polar surface area (TPSA) is 141 Å². The average molecular weight is 589 g/mol. The van der Waals surface area contributed by atoms with E-state index in [1.165, 1.54) is 35.4 Å². The molecule has 1 heterocycles. The lowest BCUT2D eigenvalue weighted by Gasteiger charge is -2.30. The van der Waals surface area contributed by atoms with Crippen molar-refractivity contribution in [2.45, 2.75) is 65.0 Å². The Morgan fingerprint density at radius 1 is 1.10 bits per heavy atom. The first-order chi connectivity index (χ1) is 19.8. The third-order valence-corrected chi connectivity index (χ3v) is 7.52. The Hall–Kier alpha value is -3.54. The van der Waals surface area contributed by atoms with Crippen LogP contribution >= 0.6 is 0 Å². The predicted octanol–water partition coefficient (Wildman–Crippen LogP) is 3.01. The maximum atomic E-state index is 13.6. The molecule has 2 aliphatic rings. The summed E-state index contributed by atoms with van der Waals surface area (Å²) in [5.74, 6) is -2.18. The fourth-order valence-electron chi connectivity index (χ4n) is 5.12. The van der Waals surface area contributed by atoms with E-state index in [4.69, 9.17) is 18.9 Å². The summed E-state index contributed by atoms with van der Waals surface area (Å²) in [5, 5.41) is 13.7. The molecule has 2 rings (SSSR count). The number of Topliss-reactive ketones (excluding diaryl/α,β-unsaturated/α-hetero) is 1. The van der Waals surface area contributed by atoms with Gasteiger partial charge in [-0.1, -0.05) is 38.2 Å². The fourth-order valence-corrected chi connectivity index (χ4v) is 5.12. The van der Waals surface area contributed by atoms with Gasteiger partial charge < -0.3 is 34.3 Å². The number of alkyl carbamates (subject to hydrolysis) is 1. The summed E-state index contributed by atoms with van der Waals surface area (Å²) in [6, 6.07) is 0. The van der Waals surface area contributed by atoms with Crippen LogP contribution in [-0.4, -0.2) is 93.4 Å². The number of ketones is 2. The van der Waals surface area contributed by atoms with E-state index < -0.39 is 53.9 Å². The number of allylic oxidation sites excluding steroid dienone is 4. The van der Waals surface area contributed by atoms with Crippen LogP contribution in [0.25, 0.3) is 0 Å². The first-order valence-electron chi connectivity index (χ1n) is 13.8. The first kappa shape index (κ1) is 34.7. The van der Waals surface area contributed by atoms with E-state index in [1.807, 2.05) is 13.8 Å². The minimum Gasteiger partial charge on any atom is -0.492 e. The summed E-state index contributed by atoms with van der Waals surface area (Å²) < 4.78 is 22.2. The van der Waals surface area contributed by atoms with Gasteiger partial charge in [-0.25, -0.2) is 4.79 Å². The molecule has 0 unspecified atom stereocenters. The number of aliphatic hydroxyl groups excluding tert-OH is 1. The molecule has 0 saturated carbocycles. The van der Waals surface area contributed by atoms with Gasteiger partial charge in [-0.15, -0.1) is 0 Å². The number of hydrogen-bond donors (Lipinski definition) is 2. The Morgan fingerprint density at radius 3 is 2.33 bits per heavy atom. The maximum Gasteiger partial charge on any atom is 0.407 e. The number of aliphatic hydroxyl groups is 1. The predicted molar refractivity (Wildman–Crippen MR) is 156 cm³/mol. The summed E-state index contributed by atoms with van der Waals surface area (Å²) in [4.78, 5) is 53.1. The molecule has 11 heteroatoms. The third kappa shape index (κ3) is 8.27. The molecule has 1 aliphatic heterocycles. The molecule has 11 nitrogen and oxygen atoms in total. The van der Waals surface area contributed by atoms with Gasteiger partial charge in [0, 0.05) is 51.5 Å². The highest BCUT2D eigenvalue weighted by molar-refractivity contribution is 6.23. The van der Waals surface area contributed by atoms with E-state index in [1.54, 1.807) is 38.2 Å². The molecule has 42 heavy (non-hydrogen) atoms. The fraction of sp³-hybridized carbons (Fsp3) is 0.548. The number of rotatable bonds is 4. The van der Waals surface area contributed by atoms with E-state index >= 15 is 0 Å². The third-order valence-electron chi connectivity index (χ3n) is 7.52. The SMILES string of the molecule is CNC(=O)O[C@@H]1/C(C)=C/[C@@H](C)[C@H](O)[C@H](OC)C[C@H](C)CC2=C(OC)C(=O)C=C(C2=O)N(C)C(=O)/C(C)=C/C=C\[C@H]1OC. The molecule has 0 aromatic carbocycles. The van der Waals surface area contributed by atoms with Crippen molar-refractivity contribution in [1.82, 2.24) is 10.2 Å². The number of likely N-dealkylation sites (N-methyl/N-ethyl adjacent to an activating group) is 1. The Labute approximate surface area is 247 Å². The summed E-state index contributed by atoms with van der Waals surface area (Å²) in [6.45, 7) is 7.06. The number of amides is 2. The number of hydrogen-bond acceptors (Lipinski definition) is 9. The highest BCUT2D eigenvalue weighted by Crippen LogP contribution is 2.31. The summed E-state index contributed by atoms with van der Waals surface area (Å²) in [5.41, 5.74) is 1.03. The average Bonchev–Trinajstić information content (AvgIpc) is 2.96. The van der Waals surface area contributed by atoms with E-state index in [0.29, 0.717) is 12.0 Å². The Balaban J connectivity index is 2.66. The highest BCUT2D eigenvalue weighted by Gasteiger charge is 2.35. The lowest BCUT2D eigenvalue weighted by atomic mass is 9.85. The molecule has 6 atom stereocenters. The molecule has 0 saturated heterocycles. The zero-order chi connectivity index (χ0) is 31.7. The molecule has 0 fully saturated rings. The van der Waals surface area contributed by atoms with Crippen molar-refractivity contribution in [3.8, 4) is 0 Å². The Kier molecular flexibility index (Phi) is 12.9. The molecule has 0 aromatic rings. The maximum absolute atomic E-state index is 13.6. The van der Waals surface area contributed by atoms with Gasteiger partial charge in [0.1, 0.15) is 6.10 Å². The van der Waals surface area contributed by atoms with Crippen LogP contribution in [0.5, 0.6) is 0 Å². The number of nitrogens with one attached hydrogen (secondary N) is 1. The molecular weight excluding hydrogens is 544 g/mol. The number of methoxy groups -OCH3 is 3. The summed E-state index contributed by atoms with van der Waals surface area (Å²) in [7, 11) is 7.16. The molecule has 2 bridgehead atoms. The molecule has 0 radical (unpaired) electrons. The largest absolute Gasteiger partial charge is 0.492 e. The standard InChI is InChI=1S/C31H44N2O9/c1-17-13-21-27(36)22(16-23(34)29(21)41-9)33(6)30(37)18(2)11-10-12-24(39-7)28(42-31(38)32-5)20(4)15-19(3)26(35)25(14-17)40-8/h10-12,15-17,19,24-26,28,35H,13-14H2,1-9H3,(H,32,38)/b12-10-,18-11+,20-15+/t17-,19-,24-,25-,26+,28-/m1/s1. The van der Waals surface area contributed by atoms with Crippen LogP contribution in [0.4, 0.5) is 4.79 Å². The first-order valence-corrected chi connectivity index (χ1v) is 13.8. The molecule has 232 valence electrons. The van der Waals surface area contributed by atoms with Gasteiger partial charge in [0.15, 0.2) is 11.9 Å². The van der Waals surface area contributed by atoms with Crippen LogP contribution in [0.15, 0.2) is 58.6 Å². The van der Waals surface area contributed by atoms with E-state index in [-0.39, 0.29) is 34.9 Å². The smallest absolute Gasteiger partial charge is 0.407 e. The molecule has 0 aromatic heterocycles. The number of nitrogens with zero attached hydrogens (tertiary/aromatic N) is 1. The van der Waals surface area contributed by atoms with E-state index in [9.17, 15) is 24.3 Å². The second-order valence-electron chi connectivity index (χ2n) is 10.7. The number of carbonyl (C=O) groups is 4. The molecule has 0 spiro atoms. The van der Waals surface area contributed by atoms with Gasteiger partial charge in [0.25, 0.3) is 5.91 Å². The van der Waals surface area contributed by atoms with E-state index in [0.717, 1.165) is 11.0 Å². The van der Waals surface area contributed by atoms with Crippen LogP contribution in [0.2, 0.25) is 0 Å². The number of carbonyl (C=O) groups excluding carboxylic acids is 4. The van der Waals surface area contributed by atoms with Gasteiger partial charge in [0.05, 0.1) is 25.0 Å². The second-order valence-corrected chi connectivity index (χ2v) is 10.7. The van der Waals surface area contributed by atoms with Crippen molar-refractivity contribution in [2.75, 3.05) is 35.4 Å². The van der Waals surface area contributed by atoms with Crippen molar-refractivity contribution in [3.63, 3.8) is 0 Å². The van der Waals surface area contributed by atoms with Crippen molar-refractivity contribution in [3.05, 3.63) is 58.6 Å². The monoisotopic (exact) mass is 588 g/mol. The van der Waals surface area contributed by atoms with Crippen molar-refractivity contribution >= 4 is 23.6 Å². The van der Waals surface area contributed by atoms with Gasteiger partial charge in [0.2, 0.25) is 11.6 Å². The van der Waals surface area contributed by atoms with Crippen molar-refractivity contribution in [1.29, 1.82) is 0 Å². The van der Waals surface area contributed by atoms with E-state index in [2.05, 4.69) is 5.32 Å². The Morgan fingerprint density at radius 2 is 1.76 bits per heavy atom. The van der Waals surface area contributed by atoms with Crippen LogP contribution in [0.1, 0.15) is 40.5 Å². The highest BCUT2D eigenvalue weighted by atomic mass is 16.6. The minimum absolute atomic E-state index is 0.0618. The van der Waals surface area contributed by atoms with Gasteiger partial charge in [-0.05, 0) is 38.2 Å². The van der Waals surface area contributed by atoms with Gasteiger partial charge >= 0.3 is 6.09 Å². The lowest BCUT2D eigenvalue weighted by molar-refractivity contribution is -0.127. The summed E-state index contributed by atoms with van der Waals surface area (Å²) in [6.07, 6.45) is 4.39. The second kappa shape index (κ2) is 15.6. The zero-order valence-electron chi connectivity index (χ0n) is 25.9. The van der Waals surface area contributed by atoms with Gasteiger partial charge in [-0.3, -0.25) is 14.4 Å². The molecule has 2 amide bonds. The number of fused-ring (bicyclic) bond motifs is 2. The zero-order valence-corrected chi connectivity index (χ0v) is 25.9. The van der Waals surface area contributed by atoms with Crippen LogP contribution in [0.3, 0.4) is 0 Å². The normalized spacial score (nSPS) is 31.9. The van der Waals surface area contributed by atoms with Crippen LogP contribution in [0, 0.1) is 11.8 Å². The quantitative estimate of drug-likeness (QED) is 0.375. The van der Waals surface area contributed by atoms with Crippen molar-refractivity contribution in [2.24, 2.45) is 11.8 Å². The van der Waals surface area contributed by atoms with Crippen LogP contribution < -0.4 is 5.32 Å². The van der Waals surface area contributed by atoms with Gasteiger partial charge in [-0.2, -0.15) is 0 Å². The number of ether oxygens (including phenoxy) is 4.